The van der Waals surface area contributed by atoms with E-state index in [1.54, 1.807) is 14.0 Å². The van der Waals surface area contributed by atoms with Crippen molar-refractivity contribution in [1.82, 2.24) is 10.4 Å². The summed E-state index contributed by atoms with van der Waals surface area (Å²) in [6.45, 7) is 5.49. The van der Waals surface area contributed by atoms with Crippen LogP contribution in [0.1, 0.15) is 23.8 Å². The maximum Gasteiger partial charge on any atom is 0.324 e. The van der Waals surface area contributed by atoms with Gasteiger partial charge in [0.15, 0.2) is 0 Å². The second kappa shape index (κ2) is 6.83. The molecular formula is C17H22N2O4. The number of carbonyl (C=O) groups is 2. The second-order valence-corrected chi connectivity index (χ2v) is 5.64. The topological polar surface area (TPSA) is 71.8 Å². The Balaban J connectivity index is 2.15. The zero-order chi connectivity index (χ0) is 17.1. The van der Waals surface area contributed by atoms with Crippen molar-refractivity contribution >= 4 is 22.8 Å². The lowest BCUT2D eigenvalue weighted by Crippen LogP contribution is -2.48. The van der Waals surface area contributed by atoms with Crippen molar-refractivity contribution in [3.05, 3.63) is 35.1 Å². The molecule has 1 aromatic carbocycles. The molecule has 1 N–H and O–H groups in total. The van der Waals surface area contributed by atoms with Crippen LogP contribution in [0.3, 0.4) is 0 Å². The molecule has 0 radical (unpaired) electrons. The number of esters is 1. The van der Waals surface area contributed by atoms with Gasteiger partial charge in [0.05, 0.1) is 13.5 Å². The lowest BCUT2D eigenvalue weighted by molar-refractivity contribution is -0.145. The average molecular weight is 318 g/mol. The fourth-order valence-electron chi connectivity index (χ4n) is 2.47. The molecule has 2 rings (SSSR count). The van der Waals surface area contributed by atoms with Crippen molar-refractivity contribution in [3.63, 3.8) is 0 Å². The zero-order valence-corrected chi connectivity index (χ0v) is 14.1. The van der Waals surface area contributed by atoms with Crippen molar-refractivity contribution in [2.75, 3.05) is 14.2 Å². The maximum absolute atomic E-state index is 12.4. The van der Waals surface area contributed by atoms with E-state index in [1.165, 1.54) is 12.1 Å². The largest absolute Gasteiger partial charge is 0.468 e. The molecule has 0 saturated carbocycles. The molecule has 0 fully saturated rings. The Morgan fingerprint density at radius 1 is 1.35 bits per heavy atom. The van der Waals surface area contributed by atoms with Gasteiger partial charge in [-0.05, 0) is 32.9 Å². The van der Waals surface area contributed by atoms with Crippen LogP contribution in [0.25, 0.3) is 11.0 Å². The minimum atomic E-state index is -0.599. The molecule has 1 heterocycles. The van der Waals surface area contributed by atoms with Crippen LogP contribution in [0.15, 0.2) is 22.6 Å². The number of aryl methyl sites for hydroxylation is 2. The van der Waals surface area contributed by atoms with Crippen molar-refractivity contribution in [2.24, 2.45) is 0 Å². The van der Waals surface area contributed by atoms with Crippen molar-refractivity contribution in [2.45, 2.75) is 33.2 Å². The molecule has 0 aliphatic heterocycles. The molecular weight excluding hydrogens is 296 g/mol. The number of amides is 1. The van der Waals surface area contributed by atoms with Crippen molar-refractivity contribution < 1.29 is 18.7 Å². The lowest BCUT2D eigenvalue weighted by atomic mass is 10.1. The summed E-state index contributed by atoms with van der Waals surface area (Å²) in [6, 6.07) is 5.30. The Hall–Kier alpha value is -2.34. The number of hydrazine groups is 1. The Kier molecular flexibility index (Phi) is 5.05. The van der Waals surface area contributed by atoms with E-state index in [9.17, 15) is 9.59 Å². The molecule has 1 amide bonds. The van der Waals surface area contributed by atoms with Gasteiger partial charge in [-0.15, -0.1) is 0 Å². The Labute approximate surface area is 135 Å². The molecule has 0 bridgehead atoms. The lowest BCUT2D eigenvalue weighted by Gasteiger charge is -2.22. The first kappa shape index (κ1) is 17.0. The minimum absolute atomic E-state index is 0.159. The highest BCUT2D eigenvalue weighted by Crippen LogP contribution is 2.27. The number of hydrogen-bond acceptors (Lipinski definition) is 5. The van der Waals surface area contributed by atoms with Gasteiger partial charge < -0.3 is 9.15 Å². The van der Waals surface area contributed by atoms with Gasteiger partial charge in [-0.1, -0.05) is 11.6 Å². The number of likely N-dealkylation sites (N-methyl/N-ethyl adjacent to an activating group) is 1. The third kappa shape index (κ3) is 3.71. The SMILES string of the molecule is COC(=O)C(C)NN(C)C(=O)Cc1c(C)oc2ccc(C)cc12. The number of furan rings is 1. The smallest absolute Gasteiger partial charge is 0.324 e. The van der Waals surface area contributed by atoms with Gasteiger partial charge in [0.1, 0.15) is 17.4 Å². The van der Waals surface area contributed by atoms with Crippen LogP contribution in [0.4, 0.5) is 0 Å². The molecule has 1 atom stereocenters. The third-order valence-corrected chi connectivity index (χ3v) is 3.79. The first-order valence-electron chi connectivity index (χ1n) is 7.42. The van der Waals surface area contributed by atoms with Gasteiger partial charge in [0.25, 0.3) is 0 Å². The number of nitrogens with zero attached hydrogens (tertiary/aromatic N) is 1. The van der Waals surface area contributed by atoms with E-state index in [0.717, 1.165) is 27.9 Å². The number of nitrogens with one attached hydrogen (secondary N) is 1. The van der Waals surface area contributed by atoms with E-state index in [1.807, 2.05) is 32.0 Å². The molecule has 1 aromatic heterocycles. The van der Waals surface area contributed by atoms with Crippen LogP contribution in [0, 0.1) is 13.8 Å². The zero-order valence-electron chi connectivity index (χ0n) is 14.1. The summed E-state index contributed by atoms with van der Waals surface area (Å²) >= 11 is 0. The summed E-state index contributed by atoms with van der Waals surface area (Å²) in [4.78, 5) is 23.8. The summed E-state index contributed by atoms with van der Waals surface area (Å²) < 4.78 is 10.3. The predicted octanol–water partition coefficient (Wildman–Crippen LogP) is 2.12. The van der Waals surface area contributed by atoms with Crippen LogP contribution in [-0.4, -0.2) is 37.1 Å². The van der Waals surface area contributed by atoms with Gasteiger partial charge in [0.2, 0.25) is 5.91 Å². The number of methoxy groups -OCH3 is 1. The molecule has 0 aliphatic rings. The summed E-state index contributed by atoms with van der Waals surface area (Å²) in [6.07, 6.45) is 0.194. The summed E-state index contributed by atoms with van der Waals surface area (Å²) in [5, 5.41) is 2.26. The predicted molar refractivity (Wildman–Crippen MR) is 86.8 cm³/mol. The standard InChI is InChI=1S/C17H22N2O4/c1-10-6-7-15-14(8-10)13(12(3)23-15)9-16(20)19(4)18-11(2)17(21)22-5/h6-8,11,18H,9H2,1-5H3. The highest BCUT2D eigenvalue weighted by Gasteiger charge is 2.20. The third-order valence-electron chi connectivity index (χ3n) is 3.79. The van der Waals surface area contributed by atoms with Crippen LogP contribution < -0.4 is 5.43 Å². The summed E-state index contributed by atoms with van der Waals surface area (Å²) in [5.74, 6) is 0.145. The van der Waals surface area contributed by atoms with Crippen LogP contribution >= 0.6 is 0 Å². The van der Waals surface area contributed by atoms with Gasteiger partial charge in [-0.3, -0.25) is 14.6 Å². The molecule has 6 heteroatoms. The first-order valence-corrected chi connectivity index (χ1v) is 7.42. The normalized spacial score (nSPS) is 12.2. The molecule has 0 spiro atoms. The van der Waals surface area contributed by atoms with E-state index in [2.05, 4.69) is 10.2 Å². The van der Waals surface area contributed by atoms with E-state index < -0.39 is 12.0 Å². The molecule has 1 unspecified atom stereocenters. The van der Waals surface area contributed by atoms with E-state index in [4.69, 9.17) is 4.42 Å². The second-order valence-electron chi connectivity index (χ2n) is 5.64. The molecule has 124 valence electrons. The van der Waals surface area contributed by atoms with Gasteiger partial charge in [-0.25, -0.2) is 5.43 Å². The molecule has 6 nitrogen and oxygen atoms in total. The average Bonchev–Trinajstić information content (AvgIpc) is 2.81. The van der Waals surface area contributed by atoms with E-state index >= 15 is 0 Å². The summed E-state index contributed by atoms with van der Waals surface area (Å²) in [7, 11) is 2.90. The fraction of sp³-hybridized carbons (Fsp3) is 0.412. The number of hydrogen-bond donors (Lipinski definition) is 1. The minimum Gasteiger partial charge on any atom is -0.468 e. The van der Waals surface area contributed by atoms with Gasteiger partial charge in [-0.2, -0.15) is 0 Å². The monoisotopic (exact) mass is 318 g/mol. The number of rotatable bonds is 5. The quantitative estimate of drug-likeness (QED) is 0.675. The van der Waals surface area contributed by atoms with Crippen LogP contribution in [-0.2, 0) is 20.7 Å². The number of fused-ring (bicyclic) bond motifs is 1. The Morgan fingerprint density at radius 2 is 2.04 bits per heavy atom. The van der Waals surface area contributed by atoms with Crippen molar-refractivity contribution in [3.8, 4) is 0 Å². The Morgan fingerprint density at radius 3 is 2.70 bits per heavy atom. The van der Waals surface area contributed by atoms with Crippen molar-refractivity contribution in [1.29, 1.82) is 0 Å². The highest BCUT2D eigenvalue weighted by atomic mass is 16.5. The number of ether oxygens (including phenoxy) is 1. The van der Waals surface area contributed by atoms with Crippen LogP contribution in [0.2, 0.25) is 0 Å². The molecule has 0 saturated heterocycles. The maximum atomic E-state index is 12.4. The number of benzene rings is 1. The van der Waals surface area contributed by atoms with Gasteiger partial charge in [0, 0.05) is 18.0 Å². The molecule has 23 heavy (non-hydrogen) atoms. The Bertz CT molecular complexity index is 736. The number of carbonyl (C=O) groups excluding carboxylic acids is 2. The molecule has 2 aromatic rings. The summed E-state index contributed by atoms with van der Waals surface area (Å²) in [5.41, 5.74) is 5.55. The highest BCUT2D eigenvalue weighted by molar-refractivity contribution is 5.89. The van der Waals surface area contributed by atoms with E-state index in [0.29, 0.717) is 0 Å². The molecule has 0 aliphatic carbocycles. The van der Waals surface area contributed by atoms with Crippen LogP contribution in [0.5, 0.6) is 0 Å². The van der Waals surface area contributed by atoms with Gasteiger partial charge >= 0.3 is 5.97 Å². The fourth-order valence-corrected chi connectivity index (χ4v) is 2.47. The first-order chi connectivity index (χ1) is 10.8. The van der Waals surface area contributed by atoms with E-state index in [-0.39, 0.29) is 12.3 Å².